The third-order valence-electron chi connectivity index (χ3n) is 2.45. The predicted molar refractivity (Wildman–Crippen MR) is 57.9 cm³/mol. The quantitative estimate of drug-likeness (QED) is 0.562. The van der Waals surface area contributed by atoms with Crippen LogP contribution in [0.15, 0.2) is 42.0 Å². The van der Waals surface area contributed by atoms with Gasteiger partial charge in [-0.3, -0.25) is 14.4 Å². The van der Waals surface area contributed by atoms with E-state index in [2.05, 4.69) is 0 Å². The molecule has 16 heavy (non-hydrogen) atoms. The van der Waals surface area contributed by atoms with Gasteiger partial charge >= 0.3 is 0 Å². The molecular weight excluding hydrogens is 204 g/mol. The van der Waals surface area contributed by atoms with Gasteiger partial charge in [0, 0.05) is 6.42 Å². The summed E-state index contributed by atoms with van der Waals surface area (Å²) in [6.45, 7) is 0. The summed E-state index contributed by atoms with van der Waals surface area (Å²) in [5.74, 6) is -0.908. The Bertz CT molecular complexity index is 483. The van der Waals surface area contributed by atoms with Crippen molar-refractivity contribution in [2.45, 2.75) is 12.8 Å². The van der Waals surface area contributed by atoms with Crippen LogP contribution < -0.4 is 0 Å². The predicted octanol–water partition coefficient (Wildman–Crippen LogP) is 1.27. The summed E-state index contributed by atoms with van der Waals surface area (Å²) in [7, 11) is 0. The van der Waals surface area contributed by atoms with Crippen molar-refractivity contribution in [1.82, 2.24) is 0 Å². The first-order chi connectivity index (χ1) is 7.66. The zero-order valence-electron chi connectivity index (χ0n) is 8.60. The molecule has 0 radical (unpaired) electrons. The van der Waals surface area contributed by atoms with Crippen molar-refractivity contribution in [3.63, 3.8) is 0 Å². The van der Waals surface area contributed by atoms with Crippen LogP contribution in [0.25, 0.3) is 0 Å². The van der Waals surface area contributed by atoms with Crippen LogP contribution in [0.1, 0.15) is 12.0 Å². The molecular formula is C13H10O3. The van der Waals surface area contributed by atoms with E-state index in [-0.39, 0.29) is 35.8 Å². The average molecular weight is 214 g/mol. The lowest BCUT2D eigenvalue weighted by Crippen LogP contribution is -2.11. The summed E-state index contributed by atoms with van der Waals surface area (Å²) >= 11 is 0. The Morgan fingerprint density at radius 2 is 1.81 bits per heavy atom. The van der Waals surface area contributed by atoms with Gasteiger partial charge in [-0.05, 0) is 11.6 Å². The second kappa shape index (κ2) is 4.23. The number of ketones is 3. The molecule has 0 unspecified atom stereocenters. The van der Waals surface area contributed by atoms with Gasteiger partial charge in [0.2, 0.25) is 0 Å². The van der Waals surface area contributed by atoms with Crippen molar-refractivity contribution >= 4 is 17.3 Å². The Morgan fingerprint density at radius 1 is 1.12 bits per heavy atom. The smallest absolute Gasteiger partial charge is 0.174 e. The minimum atomic E-state index is -0.356. The molecule has 1 aromatic carbocycles. The molecule has 0 fully saturated rings. The summed E-state index contributed by atoms with van der Waals surface area (Å²) in [5, 5.41) is 0. The van der Waals surface area contributed by atoms with Crippen LogP contribution >= 0.6 is 0 Å². The largest absolute Gasteiger partial charge is 0.294 e. The van der Waals surface area contributed by atoms with E-state index in [1.807, 2.05) is 30.3 Å². The molecule has 0 amide bonds. The zero-order chi connectivity index (χ0) is 11.5. The fourth-order valence-electron chi connectivity index (χ4n) is 1.66. The molecule has 0 aliphatic heterocycles. The Labute approximate surface area is 92.8 Å². The van der Waals surface area contributed by atoms with Crippen molar-refractivity contribution < 1.29 is 14.4 Å². The minimum Gasteiger partial charge on any atom is -0.294 e. The molecule has 1 aliphatic carbocycles. The van der Waals surface area contributed by atoms with Gasteiger partial charge < -0.3 is 0 Å². The average Bonchev–Trinajstić information content (AvgIpc) is 2.59. The maximum atomic E-state index is 11.7. The fraction of sp³-hybridized carbons (Fsp3) is 0.154. The van der Waals surface area contributed by atoms with E-state index in [9.17, 15) is 14.4 Å². The number of Topliss-reactive ketones (excluding diaryl/α,β-unsaturated/α-hetero) is 2. The first-order valence-corrected chi connectivity index (χ1v) is 5.01. The van der Waals surface area contributed by atoms with E-state index in [4.69, 9.17) is 0 Å². The molecule has 3 heteroatoms. The second-order valence-electron chi connectivity index (χ2n) is 3.71. The molecule has 80 valence electrons. The van der Waals surface area contributed by atoms with E-state index < -0.39 is 0 Å². The first kappa shape index (κ1) is 10.5. The van der Waals surface area contributed by atoms with Gasteiger partial charge in [-0.15, -0.1) is 0 Å². The third kappa shape index (κ3) is 2.14. The van der Waals surface area contributed by atoms with Crippen molar-refractivity contribution in [2.75, 3.05) is 0 Å². The molecule has 0 atom stereocenters. The molecule has 1 aromatic rings. The number of benzene rings is 1. The second-order valence-corrected chi connectivity index (χ2v) is 3.71. The summed E-state index contributed by atoms with van der Waals surface area (Å²) in [6, 6.07) is 9.16. The molecule has 0 bridgehead atoms. The SMILES string of the molecule is O=C1C=C(C(=O)Cc2ccccc2)C(=O)C1. The number of hydrogen-bond donors (Lipinski definition) is 0. The minimum absolute atomic E-state index is 0.0499. The van der Waals surface area contributed by atoms with E-state index >= 15 is 0 Å². The zero-order valence-corrected chi connectivity index (χ0v) is 8.60. The normalized spacial score (nSPS) is 15.1. The van der Waals surface area contributed by atoms with Gasteiger partial charge in [-0.1, -0.05) is 30.3 Å². The summed E-state index contributed by atoms with van der Waals surface area (Å²) in [6.07, 6.45) is 1.18. The molecule has 0 heterocycles. The molecule has 0 N–H and O–H groups in total. The van der Waals surface area contributed by atoms with Crippen molar-refractivity contribution in [1.29, 1.82) is 0 Å². The Balaban J connectivity index is 2.13. The summed E-state index contributed by atoms with van der Waals surface area (Å²) in [4.78, 5) is 34.0. The van der Waals surface area contributed by atoms with Gasteiger partial charge in [0.25, 0.3) is 0 Å². The third-order valence-corrected chi connectivity index (χ3v) is 2.45. The van der Waals surface area contributed by atoms with Crippen LogP contribution in [0.3, 0.4) is 0 Å². The standard InChI is InChI=1S/C13H10O3/c14-10-7-11(13(16)8-10)12(15)6-9-4-2-1-3-5-9/h1-5,7H,6,8H2. The fourth-order valence-corrected chi connectivity index (χ4v) is 1.66. The highest BCUT2D eigenvalue weighted by molar-refractivity contribution is 6.32. The molecule has 0 saturated heterocycles. The molecule has 0 aromatic heterocycles. The Morgan fingerprint density at radius 3 is 2.38 bits per heavy atom. The van der Waals surface area contributed by atoms with Crippen LogP contribution in [0, 0.1) is 0 Å². The highest BCUT2D eigenvalue weighted by Gasteiger charge is 2.26. The highest BCUT2D eigenvalue weighted by atomic mass is 16.2. The van der Waals surface area contributed by atoms with Gasteiger partial charge in [0.15, 0.2) is 17.3 Å². The molecule has 0 spiro atoms. The van der Waals surface area contributed by atoms with Gasteiger partial charge in [0.05, 0.1) is 12.0 Å². The van der Waals surface area contributed by atoms with Gasteiger partial charge in [0.1, 0.15) is 0 Å². The number of carbonyl (C=O) groups excluding carboxylic acids is 3. The van der Waals surface area contributed by atoms with Gasteiger partial charge in [-0.2, -0.15) is 0 Å². The van der Waals surface area contributed by atoms with Crippen LogP contribution in [0.5, 0.6) is 0 Å². The lowest BCUT2D eigenvalue weighted by molar-refractivity contribution is -0.122. The van der Waals surface area contributed by atoms with Crippen LogP contribution in [0.2, 0.25) is 0 Å². The summed E-state index contributed by atoms with van der Waals surface area (Å²) in [5.41, 5.74) is 0.898. The number of allylic oxidation sites excluding steroid dienone is 2. The van der Waals surface area contributed by atoms with Crippen molar-refractivity contribution in [3.8, 4) is 0 Å². The van der Waals surface area contributed by atoms with Gasteiger partial charge in [-0.25, -0.2) is 0 Å². The molecule has 2 rings (SSSR count). The number of carbonyl (C=O) groups is 3. The number of rotatable bonds is 3. The van der Waals surface area contributed by atoms with E-state index in [0.717, 1.165) is 11.6 Å². The first-order valence-electron chi connectivity index (χ1n) is 5.01. The Hall–Kier alpha value is -2.03. The lowest BCUT2D eigenvalue weighted by atomic mass is 10.0. The topological polar surface area (TPSA) is 51.2 Å². The Kier molecular flexibility index (Phi) is 2.77. The molecule has 1 aliphatic rings. The molecule has 3 nitrogen and oxygen atoms in total. The monoisotopic (exact) mass is 214 g/mol. The number of hydrogen-bond acceptors (Lipinski definition) is 3. The van der Waals surface area contributed by atoms with E-state index in [0.29, 0.717) is 0 Å². The maximum Gasteiger partial charge on any atom is 0.174 e. The lowest BCUT2D eigenvalue weighted by Gasteiger charge is -2.00. The summed E-state index contributed by atoms with van der Waals surface area (Å²) < 4.78 is 0. The van der Waals surface area contributed by atoms with Crippen LogP contribution in [-0.4, -0.2) is 17.3 Å². The van der Waals surface area contributed by atoms with Crippen LogP contribution in [-0.2, 0) is 20.8 Å². The van der Waals surface area contributed by atoms with Crippen molar-refractivity contribution in [2.24, 2.45) is 0 Å². The van der Waals surface area contributed by atoms with E-state index in [1.54, 1.807) is 0 Å². The maximum absolute atomic E-state index is 11.7. The van der Waals surface area contributed by atoms with Crippen LogP contribution in [0.4, 0.5) is 0 Å². The van der Waals surface area contributed by atoms with Crippen molar-refractivity contribution in [3.05, 3.63) is 47.5 Å². The molecule has 0 saturated carbocycles. The highest BCUT2D eigenvalue weighted by Crippen LogP contribution is 2.14. The van der Waals surface area contributed by atoms with E-state index in [1.165, 1.54) is 0 Å².